The lowest BCUT2D eigenvalue weighted by Gasteiger charge is -2.31. The Balaban J connectivity index is 0.000000617. The number of carbonyl (C=O) groups is 1. The van der Waals surface area contributed by atoms with E-state index in [-0.39, 0.29) is 5.75 Å². The minimum Gasteiger partial charge on any atom is -0.475 e. The third-order valence-electron chi connectivity index (χ3n) is 9.05. The number of sulfonamides is 1. The number of thiophene rings is 1. The number of aromatic amines is 1. The molecule has 2 fully saturated rings. The highest BCUT2D eigenvalue weighted by Crippen LogP contribution is 2.38. The summed E-state index contributed by atoms with van der Waals surface area (Å²) in [5, 5.41) is 10.6. The molecule has 0 amide bonds. The second-order valence-electron chi connectivity index (χ2n) is 12.6. The Kier molecular flexibility index (Phi) is 12.0. The van der Waals surface area contributed by atoms with Crippen LogP contribution in [0.5, 0.6) is 0 Å². The molecule has 14 heteroatoms. The van der Waals surface area contributed by atoms with Crippen molar-refractivity contribution in [3.63, 3.8) is 0 Å². The summed E-state index contributed by atoms with van der Waals surface area (Å²) in [6, 6.07) is 7.52. The highest BCUT2D eigenvalue weighted by molar-refractivity contribution is 7.89. The van der Waals surface area contributed by atoms with Crippen molar-refractivity contribution in [3.8, 4) is 11.1 Å². The minimum absolute atomic E-state index is 0.170. The molecule has 4 heterocycles. The van der Waals surface area contributed by atoms with Gasteiger partial charge in [-0.1, -0.05) is 0 Å². The number of carboxylic acid groups (broad SMARTS) is 1. The Bertz CT molecular complexity index is 1580. The summed E-state index contributed by atoms with van der Waals surface area (Å²) < 4.78 is 58.1. The third-order valence-corrected chi connectivity index (χ3v) is 11.9. The number of aliphatic carboxylic acids is 1. The van der Waals surface area contributed by atoms with Gasteiger partial charge in [-0.3, -0.25) is 0 Å². The quantitative estimate of drug-likeness (QED) is 0.251. The van der Waals surface area contributed by atoms with E-state index < -0.39 is 22.2 Å². The molecule has 256 valence electrons. The molecule has 0 aliphatic carbocycles. The first kappa shape index (κ1) is 36.3. The normalized spacial score (nSPS) is 18.9. The summed E-state index contributed by atoms with van der Waals surface area (Å²) in [5.41, 5.74) is 12.2. The Hall–Kier alpha value is -2.49. The van der Waals surface area contributed by atoms with Gasteiger partial charge in [-0.2, -0.15) is 13.2 Å². The van der Waals surface area contributed by atoms with E-state index in [4.69, 9.17) is 15.6 Å². The van der Waals surface area contributed by atoms with Crippen LogP contribution < -0.4 is 5.73 Å². The van der Waals surface area contributed by atoms with Gasteiger partial charge >= 0.3 is 12.1 Å². The summed E-state index contributed by atoms with van der Waals surface area (Å²) >= 11 is 1.84. The lowest BCUT2D eigenvalue weighted by molar-refractivity contribution is -0.192. The fraction of sp³-hybridized carbons (Fsp3) is 0.594. The molecule has 0 bridgehead atoms. The molecular weight excluding hydrogens is 640 g/mol. The van der Waals surface area contributed by atoms with Gasteiger partial charge in [0.1, 0.15) is 0 Å². The Morgan fingerprint density at radius 1 is 1.15 bits per heavy atom. The van der Waals surface area contributed by atoms with Crippen molar-refractivity contribution < 1.29 is 31.5 Å². The Morgan fingerprint density at radius 3 is 2.39 bits per heavy atom. The maximum absolute atomic E-state index is 12.3. The second-order valence-corrected chi connectivity index (χ2v) is 15.9. The number of benzene rings is 1. The zero-order valence-electron chi connectivity index (χ0n) is 26.9. The molecule has 2 aliphatic rings. The lowest BCUT2D eigenvalue weighted by Crippen LogP contribution is -2.38. The molecule has 5 rings (SSSR count). The molecule has 1 aromatic carbocycles. The van der Waals surface area contributed by atoms with Crippen LogP contribution in [-0.4, -0.2) is 96.3 Å². The first-order chi connectivity index (χ1) is 21.6. The van der Waals surface area contributed by atoms with Crippen molar-refractivity contribution in [3.05, 3.63) is 45.8 Å². The SMILES string of the molecule is CCS(=O)(=O)N1CCC(c2c[nH]c3c(CN)cc(-c4csc(CN(C)CC5CCN(C(C)C)C5)c4)cc23)CC1.O=C(O)C(F)(F)F. The standard InChI is InChI=1S/C30H45N5O2S2.C2HF3O2/c1-5-39(36,37)35-10-7-23(8-11-35)29-16-32-30-25(15-31)12-24(14-28(29)30)26-13-27(38-20-26)19-33(4)17-22-6-9-34(18-22)21(2)3;3-2(4,5)1(6)7/h12-14,16,20-23,32H,5-11,15,17-19,31H2,1-4H3;(H,6,7). The van der Waals surface area contributed by atoms with Crippen LogP contribution in [0.2, 0.25) is 0 Å². The van der Waals surface area contributed by atoms with Gasteiger partial charge < -0.3 is 25.6 Å². The van der Waals surface area contributed by atoms with Gasteiger partial charge in [-0.15, -0.1) is 11.3 Å². The van der Waals surface area contributed by atoms with E-state index in [9.17, 15) is 21.6 Å². The maximum Gasteiger partial charge on any atom is 0.490 e. The van der Waals surface area contributed by atoms with Crippen molar-refractivity contribution in [1.82, 2.24) is 19.1 Å². The van der Waals surface area contributed by atoms with Crippen molar-refractivity contribution in [2.45, 2.75) is 71.3 Å². The van der Waals surface area contributed by atoms with E-state index in [0.29, 0.717) is 31.6 Å². The van der Waals surface area contributed by atoms with Crippen molar-refractivity contribution in [2.75, 3.05) is 45.5 Å². The average Bonchev–Trinajstić information content (AvgIpc) is 3.77. The van der Waals surface area contributed by atoms with E-state index in [1.165, 1.54) is 46.5 Å². The van der Waals surface area contributed by atoms with Gasteiger partial charge in [0.25, 0.3) is 0 Å². The molecule has 2 aromatic heterocycles. The van der Waals surface area contributed by atoms with E-state index >= 15 is 0 Å². The first-order valence-corrected chi connectivity index (χ1v) is 18.2. The van der Waals surface area contributed by atoms with Gasteiger partial charge in [-0.05, 0) is 111 Å². The number of nitrogens with zero attached hydrogens (tertiary/aromatic N) is 3. The van der Waals surface area contributed by atoms with Crippen LogP contribution >= 0.6 is 11.3 Å². The lowest BCUT2D eigenvalue weighted by atomic mass is 9.88. The number of carboxylic acids is 1. The fourth-order valence-corrected chi connectivity index (χ4v) is 8.59. The predicted octanol–water partition coefficient (Wildman–Crippen LogP) is 5.68. The zero-order valence-corrected chi connectivity index (χ0v) is 28.6. The number of halogens is 3. The summed E-state index contributed by atoms with van der Waals surface area (Å²) in [6.07, 6.45) is 0.0324. The summed E-state index contributed by atoms with van der Waals surface area (Å²) in [7, 11) is -0.875. The van der Waals surface area contributed by atoms with Crippen LogP contribution in [0.1, 0.15) is 62.0 Å². The van der Waals surface area contributed by atoms with E-state index in [0.717, 1.165) is 42.9 Å². The molecule has 46 heavy (non-hydrogen) atoms. The molecule has 2 saturated heterocycles. The van der Waals surface area contributed by atoms with Crippen LogP contribution in [0.3, 0.4) is 0 Å². The molecule has 1 unspecified atom stereocenters. The highest BCUT2D eigenvalue weighted by atomic mass is 32.2. The summed E-state index contributed by atoms with van der Waals surface area (Å²) in [4.78, 5) is 18.9. The number of nitrogens with two attached hydrogens (primary N) is 1. The molecule has 0 saturated carbocycles. The Labute approximate surface area is 273 Å². The predicted molar refractivity (Wildman–Crippen MR) is 177 cm³/mol. The second kappa shape index (κ2) is 15.2. The minimum atomic E-state index is -5.08. The molecule has 9 nitrogen and oxygen atoms in total. The fourth-order valence-electron chi connectivity index (χ4n) is 6.49. The first-order valence-electron chi connectivity index (χ1n) is 15.7. The number of hydrogen-bond donors (Lipinski definition) is 3. The van der Waals surface area contributed by atoms with Crippen LogP contribution in [0, 0.1) is 5.92 Å². The maximum atomic E-state index is 12.3. The van der Waals surface area contributed by atoms with Crippen LogP contribution in [-0.2, 0) is 27.9 Å². The monoisotopic (exact) mass is 685 g/mol. The smallest absolute Gasteiger partial charge is 0.475 e. The molecule has 0 radical (unpaired) electrons. The van der Waals surface area contributed by atoms with Gasteiger partial charge in [-0.25, -0.2) is 17.5 Å². The number of fused-ring (bicyclic) bond motifs is 1. The van der Waals surface area contributed by atoms with Crippen molar-refractivity contribution in [1.29, 1.82) is 0 Å². The van der Waals surface area contributed by atoms with Crippen LogP contribution in [0.4, 0.5) is 13.2 Å². The number of hydrogen-bond acceptors (Lipinski definition) is 7. The van der Waals surface area contributed by atoms with Gasteiger partial charge in [0.15, 0.2) is 0 Å². The number of rotatable bonds is 10. The highest BCUT2D eigenvalue weighted by Gasteiger charge is 2.38. The number of H-pyrrole nitrogens is 1. The average molecular weight is 686 g/mol. The van der Waals surface area contributed by atoms with Gasteiger partial charge in [0.2, 0.25) is 10.0 Å². The number of alkyl halides is 3. The van der Waals surface area contributed by atoms with E-state index in [2.05, 4.69) is 65.5 Å². The topological polar surface area (TPSA) is 123 Å². The molecule has 1 atom stereocenters. The van der Waals surface area contributed by atoms with Crippen LogP contribution in [0.15, 0.2) is 29.8 Å². The molecule has 2 aliphatic heterocycles. The Morgan fingerprint density at radius 2 is 1.83 bits per heavy atom. The van der Waals surface area contributed by atoms with Crippen LogP contribution in [0.25, 0.3) is 22.0 Å². The number of aromatic nitrogens is 1. The van der Waals surface area contributed by atoms with Crippen molar-refractivity contribution >= 4 is 38.2 Å². The van der Waals surface area contributed by atoms with E-state index in [1.54, 1.807) is 11.2 Å². The molecule has 0 spiro atoms. The van der Waals surface area contributed by atoms with Crippen molar-refractivity contribution in [2.24, 2.45) is 11.7 Å². The summed E-state index contributed by atoms with van der Waals surface area (Å²) in [6.45, 7) is 12.5. The summed E-state index contributed by atoms with van der Waals surface area (Å²) in [5.74, 6) is -1.49. The van der Waals surface area contributed by atoms with Gasteiger partial charge in [0.05, 0.1) is 11.3 Å². The van der Waals surface area contributed by atoms with E-state index in [1.807, 2.05) is 11.3 Å². The number of nitrogens with one attached hydrogen (secondary N) is 1. The third kappa shape index (κ3) is 8.90. The molecular formula is C32H46F3N5O4S2. The zero-order chi connectivity index (χ0) is 33.8. The molecule has 3 aromatic rings. The molecule has 4 N–H and O–H groups in total. The number of likely N-dealkylation sites (tertiary alicyclic amines) is 1. The largest absolute Gasteiger partial charge is 0.490 e. The van der Waals surface area contributed by atoms with Gasteiger partial charge in [0, 0.05) is 61.8 Å². The number of piperidine rings is 1.